The number of allylic oxidation sites excluding steroid dienone is 2. The molecular weight excluding hydrogens is 404 g/mol. The van der Waals surface area contributed by atoms with Crippen LogP contribution < -0.4 is 10.2 Å². The first-order valence-corrected chi connectivity index (χ1v) is 11.0. The third-order valence-electron chi connectivity index (χ3n) is 7.56. The Bertz CT molecular complexity index is 1200. The first kappa shape index (κ1) is 19.2. The Kier molecular flexibility index (Phi) is 4.03. The molecule has 2 saturated carbocycles. The van der Waals surface area contributed by atoms with E-state index in [2.05, 4.69) is 17.5 Å². The van der Waals surface area contributed by atoms with Crippen molar-refractivity contribution in [1.82, 2.24) is 0 Å². The average molecular weight is 426 g/mol. The van der Waals surface area contributed by atoms with Crippen LogP contribution in [0.25, 0.3) is 0 Å². The molecule has 4 aliphatic carbocycles. The molecule has 32 heavy (non-hydrogen) atoms. The predicted molar refractivity (Wildman–Crippen MR) is 118 cm³/mol. The van der Waals surface area contributed by atoms with Gasteiger partial charge in [-0.1, -0.05) is 30.4 Å². The second kappa shape index (κ2) is 6.73. The van der Waals surface area contributed by atoms with Crippen molar-refractivity contribution in [2.45, 2.75) is 13.3 Å². The second-order valence-electron chi connectivity index (χ2n) is 9.31. The number of benzene rings is 2. The molecule has 1 saturated heterocycles. The van der Waals surface area contributed by atoms with Gasteiger partial charge in [-0.25, -0.2) is 4.90 Å². The van der Waals surface area contributed by atoms with Crippen LogP contribution in [0.3, 0.4) is 0 Å². The molecule has 1 heterocycles. The fourth-order valence-electron chi connectivity index (χ4n) is 6.02. The number of Topliss-reactive ketones (excluding diaryl/α,β-unsaturated/α-hetero) is 1. The molecule has 5 aliphatic rings. The Morgan fingerprint density at radius 3 is 2.16 bits per heavy atom. The second-order valence-corrected chi connectivity index (χ2v) is 9.31. The summed E-state index contributed by atoms with van der Waals surface area (Å²) >= 11 is 0. The van der Waals surface area contributed by atoms with Gasteiger partial charge in [0.15, 0.2) is 5.78 Å². The summed E-state index contributed by atoms with van der Waals surface area (Å²) in [6.07, 6.45) is 5.41. The van der Waals surface area contributed by atoms with Crippen molar-refractivity contribution in [1.29, 1.82) is 0 Å². The van der Waals surface area contributed by atoms with Crippen LogP contribution in [0.1, 0.15) is 34.1 Å². The number of nitrogens with zero attached hydrogens (tertiary/aromatic N) is 1. The molecule has 0 radical (unpaired) electrons. The number of anilines is 2. The molecule has 2 bridgehead atoms. The molecule has 6 heteroatoms. The van der Waals surface area contributed by atoms with Crippen molar-refractivity contribution in [2.24, 2.45) is 35.5 Å². The zero-order valence-corrected chi connectivity index (χ0v) is 17.5. The summed E-state index contributed by atoms with van der Waals surface area (Å²) in [5.41, 5.74) is 1.80. The predicted octanol–water partition coefficient (Wildman–Crippen LogP) is 3.70. The molecule has 3 amide bonds. The zero-order valence-electron chi connectivity index (χ0n) is 17.5. The lowest BCUT2D eigenvalue weighted by atomic mass is 9.63. The summed E-state index contributed by atoms with van der Waals surface area (Å²) < 4.78 is 0. The Hall–Kier alpha value is -3.54. The highest BCUT2D eigenvalue weighted by molar-refractivity contribution is 6.23. The van der Waals surface area contributed by atoms with E-state index in [-0.39, 0.29) is 47.2 Å². The summed E-state index contributed by atoms with van der Waals surface area (Å²) in [6, 6.07) is 13.4. The molecular formula is C26H22N2O4. The van der Waals surface area contributed by atoms with E-state index in [1.165, 1.54) is 11.8 Å². The van der Waals surface area contributed by atoms with E-state index in [0.29, 0.717) is 34.3 Å². The molecule has 3 fully saturated rings. The number of carbonyl (C=O) groups is 4. The van der Waals surface area contributed by atoms with Gasteiger partial charge < -0.3 is 5.32 Å². The third-order valence-corrected chi connectivity index (χ3v) is 7.56. The van der Waals surface area contributed by atoms with Crippen molar-refractivity contribution < 1.29 is 19.2 Å². The molecule has 0 spiro atoms. The minimum atomic E-state index is -0.368. The molecule has 2 aromatic rings. The number of ketones is 1. The van der Waals surface area contributed by atoms with Crippen LogP contribution in [0.15, 0.2) is 60.7 Å². The number of nitrogens with one attached hydrogen (secondary N) is 1. The number of imide groups is 1. The van der Waals surface area contributed by atoms with Crippen LogP contribution in [-0.2, 0) is 9.59 Å². The van der Waals surface area contributed by atoms with E-state index in [9.17, 15) is 19.2 Å². The molecule has 160 valence electrons. The van der Waals surface area contributed by atoms with Crippen LogP contribution in [0.2, 0.25) is 0 Å². The van der Waals surface area contributed by atoms with Crippen molar-refractivity contribution in [3.8, 4) is 0 Å². The minimum Gasteiger partial charge on any atom is -0.322 e. The number of hydrogen-bond donors (Lipinski definition) is 1. The summed E-state index contributed by atoms with van der Waals surface area (Å²) in [5.74, 6) is 0.141. The molecule has 0 unspecified atom stereocenters. The first-order chi connectivity index (χ1) is 15.4. The van der Waals surface area contributed by atoms with Crippen LogP contribution in [-0.4, -0.2) is 23.5 Å². The van der Waals surface area contributed by atoms with Crippen molar-refractivity contribution >= 4 is 34.9 Å². The van der Waals surface area contributed by atoms with Gasteiger partial charge in [-0.3, -0.25) is 19.2 Å². The molecule has 0 aromatic heterocycles. The Morgan fingerprint density at radius 2 is 1.50 bits per heavy atom. The molecule has 1 aliphatic heterocycles. The first-order valence-electron chi connectivity index (χ1n) is 11.0. The molecule has 7 rings (SSSR count). The zero-order chi connectivity index (χ0) is 22.1. The van der Waals surface area contributed by atoms with Crippen molar-refractivity contribution in [3.63, 3.8) is 0 Å². The van der Waals surface area contributed by atoms with E-state index in [0.717, 1.165) is 6.42 Å². The minimum absolute atomic E-state index is 0.0864. The lowest BCUT2D eigenvalue weighted by Gasteiger charge is -2.37. The van der Waals surface area contributed by atoms with Crippen LogP contribution in [0.4, 0.5) is 11.4 Å². The van der Waals surface area contributed by atoms with Crippen LogP contribution >= 0.6 is 0 Å². The number of hydrogen-bond acceptors (Lipinski definition) is 4. The largest absolute Gasteiger partial charge is 0.322 e. The Labute approximate surface area is 185 Å². The highest BCUT2D eigenvalue weighted by Gasteiger charge is 2.67. The fourth-order valence-corrected chi connectivity index (χ4v) is 6.02. The van der Waals surface area contributed by atoms with E-state index in [1.807, 2.05) is 0 Å². The topological polar surface area (TPSA) is 83.6 Å². The van der Waals surface area contributed by atoms with Crippen LogP contribution in [0.5, 0.6) is 0 Å². The number of rotatable bonds is 4. The molecule has 6 nitrogen and oxygen atoms in total. The van der Waals surface area contributed by atoms with Gasteiger partial charge in [0.2, 0.25) is 11.8 Å². The van der Waals surface area contributed by atoms with Crippen molar-refractivity contribution in [3.05, 3.63) is 71.8 Å². The normalized spacial score (nSPS) is 31.3. The van der Waals surface area contributed by atoms with Gasteiger partial charge in [0.25, 0.3) is 5.91 Å². The van der Waals surface area contributed by atoms with Gasteiger partial charge >= 0.3 is 0 Å². The maximum Gasteiger partial charge on any atom is 0.255 e. The lowest BCUT2D eigenvalue weighted by Crippen LogP contribution is -2.40. The van der Waals surface area contributed by atoms with Gasteiger partial charge in [0, 0.05) is 16.8 Å². The average Bonchev–Trinajstić information content (AvgIpc) is 3.57. The van der Waals surface area contributed by atoms with E-state index >= 15 is 0 Å². The van der Waals surface area contributed by atoms with Gasteiger partial charge in [-0.15, -0.1) is 0 Å². The Balaban J connectivity index is 1.27. The summed E-state index contributed by atoms with van der Waals surface area (Å²) in [6.45, 7) is 1.47. The molecule has 2 aromatic carbocycles. The fraction of sp³-hybridized carbons (Fsp3) is 0.308. The number of amides is 3. The van der Waals surface area contributed by atoms with Crippen molar-refractivity contribution in [2.75, 3.05) is 10.2 Å². The van der Waals surface area contributed by atoms with E-state index in [4.69, 9.17) is 0 Å². The smallest absolute Gasteiger partial charge is 0.255 e. The van der Waals surface area contributed by atoms with Gasteiger partial charge in [-0.2, -0.15) is 0 Å². The maximum absolute atomic E-state index is 13.3. The maximum atomic E-state index is 13.3. The van der Waals surface area contributed by atoms with E-state index < -0.39 is 0 Å². The molecule has 1 N–H and O–H groups in total. The van der Waals surface area contributed by atoms with E-state index in [1.54, 1.807) is 48.5 Å². The highest BCUT2D eigenvalue weighted by Crippen LogP contribution is 2.65. The lowest BCUT2D eigenvalue weighted by molar-refractivity contribution is -0.124. The van der Waals surface area contributed by atoms with Crippen LogP contribution in [0, 0.1) is 35.5 Å². The summed E-state index contributed by atoms with van der Waals surface area (Å²) in [4.78, 5) is 52.4. The SMILES string of the molecule is CC(=O)c1cccc(NC(=O)c2cccc(N3C(=O)[C@@H]4[C@@H]5C=C[C@H]([C@H]6C[C@H]56)[C@@H]4C3=O)c2)c1. The highest BCUT2D eigenvalue weighted by atomic mass is 16.2. The number of carbonyl (C=O) groups excluding carboxylic acids is 4. The monoisotopic (exact) mass is 426 g/mol. The Morgan fingerprint density at radius 1 is 0.875 bits per heavy atom. The summed E-state index contributed by atoms with van der Waals surface area (Å²) in [7, 11) is 0. The quantitative estimate of drug-likeness (QED) is 0.459. The van der Waals surface area contributed by atoms with Gasteiger partial charge in [-0.05, 0) is 67.3 Å². The third kappa shape index (κ3) is 2.72. The summed E-state index contributed by atoms with van der Waals surface area (Å²) in [5, 5.41) is 2.79. The molecule has 6 atom stereocenters. The van der Waals surface area contributed by atoms with Gasteiger partial charge in [0.1, 0.15) is 0 Å². The standard InChI is InChI=1S/C26H22N2O4/c1-13(29)14-4-2-6-16(10-14)27-24(30)15-5-3-7-17(11-15)28-25(31)22-18-8-9-19(21-12-20(18)21)23(22)26(28)32/h2-11,18-23H,12H2,1H3,(H,27,30)/t18-,19-,20-,21-,22-,23+/m1/s1. The van der Waals surface area contributed by atoms with Gasteiger partial charge in [0.05, 0.1) is 17.5 Å².